The summed E-state index contributed by atoms with van der Waals surface area (Å²) < 4.78 is 8.80. The summed E-state index contributed by atoms with van der Waals surface area (Å²) in [4.78, 5) is 24.4. The molecular formula is C21H20N4O2S. The van der Waals surface area contributed by atoms with E-state index in [0.717, 1.165) is 41.0 Å². The molecule has 0 radical (unpaired) electrons. The van der Waals surface area contributed by atoms with Gasteiger partial charge in [-0.25, -0.2) is 9.97 Å². The third-order valence-electron chi connectivity index (χ3n) is 5.08. The third-order valence-corrected chi connectivity index (χ3v) is 6.14. The van der Waals surface area contributed by atoms with Crippen molar-refractivity contribution in [1.82, 2.24) is 14.4 Å². The number of nitrogens with zero attached hydrogens (tertiary/aromatic N) is 4. The summed E-state index contributed by atoms with van der Waals surface area (Å²) in [5.41, 5.74) is 3.13. The molecule has 5 rings (SSSR count). The van der Waals surface area contributed by atoms with E-state index in [2.05, 4.69) is 4.98 Å². The number of benzene rings is 1. The lowest BCUT2D eigenvalue weighted by atomic mass is 10.2. The van der Waals surface area contributed by atoms with Gasteiger partial charge in [0.25, 0.3) is 5.91 Å². The van der Waals surface area contributed by atoms with Crippen LogP contribution in [-0.4, -0.2) is 39.5 Å². The van der Waals surface area contributed by atoms with E-state index in [-0.39, 0.29) is 12.0 Å². The van der Waals surface area contributed by atoms with E-state index >= 15 is 0 Å². The second kappa shape index (κ2) is 7.00. The van der Waals surface area contributed by atoms with Crippen molar-refractivity contribution in [3.05, 3.63) is 60.0 Å². The topological polar surface area (TPSA) is 59.7 Å². The van der Waals surface area contributed by atoms with Crippen LogP contribution in [0.1, 0.15) is 29.0 Å². The molecule has 1 aliphatic heterocycles. The number of thiazole rings is 1. The minimum absolute atomic E-state index is 0.0368. The molecule has 0 bridgehead atoms. The van der Waals surface area contributed by atoms with Gasteiger partial charge in [0.05, 0.1) is 22.9 Å². The van der Waals surface area contributed by atoms with Crippen LogP contribution in [0, 0.1) is 6.92 Å². The molecule has 1 atom stereocenters. The summed E-state index contributed by atoms with van der Waals surface area (Å²) in [6.45, 7) is 3.24. The largest absolute Gasteiger partial charge is 0.376 e. The number of carbonyl (C=O) groups excluding carboxylic acids is 1. The van der Waals surface area contributed by atoms with Crippen LogP contribution in [0.2, 0.25) is 0 Å². The first-order chi connectivity index (χ1) is 13.7. The molecule has 0 spiro atoms. The zero-order valence-corrected chi connectivity index (χ0v) is 16.4. The molecule has 1 fully saturated rings. The molecular weight excluding hydrogens is 372 g/mol. The average molecular weight is 392 g/mol. The van der Waals surface area contributed by atoms with Crippen molar-refractivity contribution in [2.24, 2.45) is 0 Å². The number of hydrogen-bond donors (Lipinski definition) is 0. The number of ether oxygens (including phenoxy) is 1. The lowest BCUT2D eigenvalue weighted by molar-refractivity contribution is 0.0914. The Hall–Kier alpha value is -2.77. The molecule has 0 N–H and O–H groups in total. The maximum atomic E-state index is 13.5. The number of anilines is 1. The molecule has 1 aromatic carbocycles. The first-order valence-corrected chi connectivity index (χ1v) is 10.2. The number of carbonyl (C=O) groups is 1. The molecule has 0 saturated carbocycles. The van der Waals surface area contributed by atoms with Gasteiger partial charge in [0, 0.05) is 18.5 Å². The van der Waals surface area contributed by atoms with E-state index in [4.69, 9.17) is 9.72 Å². The highest BCUT2D eigenvalue weighted by atomic mass is 32.1. The lowest BCUT2D eigenvalue weighted by Crippen LogP contribution is -2.37. The predicted molar refractivity (Wildman–Crippen MR) is 110 cm³/mol. The van der Waals surface area contributed by atoms with E-state index < -0.39 is 0 Å². The highest BCUT2D eigenvalue weighted by Gasteiger charge is 2.28. The monoisotopic (exact) mass is 392 g/mol. The summed E-state index contributed by atoms with van der Waals surface area (Å²) in [7, 11) is 0. The number of hydrogen-bond acceptors (Lipinski definition) is 5. The maximum Gasteiger partial charge on any atom is 0.280 e. The molecule has 1 aliphatic rings. The second-order valence-corrected chi connectivity index (χ2v) is 8.05. The van der Waals surface area contributed by atoms with Gasteiger partial charge in [0.1, 0.15) is 11.3 Å². The molecule has 7 heteroatoms. The Morgan fingerprint density at radius 1 is 1.25 bits per heavy atom. The molecule has 4 heterocycles. The van der Waals surface area contributed by atoms with Crippen molar-refractivity contribution in [2.45, 2.75) is 25.9 Å². The summed E-state index contributed by atoms with van der Waals surface area (Å²) in [6, 6.07) is 13.8. The fourth-order valence-electron chi connectivity index (χ4n) is 3.61. The standard InChI is InChI=1S/C21H20N4O2S/c1-14-6-4-10-19-22-17(13-24(14)19)20(26)25(12-15-7-5-11-27-15)21-23-16-8-2-3-9-18(16)28-21/h2-4,6,8-10,13,15H,5,7,11-12H2,1H3. The zero-order valence-electron chi connectivity index (χ0n) is 15.5. The van der Waals surface area contributed by atoms with E-state index in [0.29, 0.717) is 17.4 Å². The fourth-order valence-corrected chi connectivity index (χ4v) is 4.58. The molecule has 142 valence electrons. The lowest BCUT2D eigenvalue weighted by Gasteiger charge is -2.22. The predicted octanol–water partition coefficient (Wildman–Crippen LogP) is 4.08. The minimum atomic E-state index is -0.141. The van der Waals surface area contributed by atoms with Crippen LogP contribution >= 0.6 is 11.3 Å². The molecule has 6 nitrogen and oxygen atoms in total. The number of rotatable bonds is 4. The molecule has 1 saturated heterocycles. The maximum absolute atomic E-state index is 13.5. The van der Waals surface area contributed by atoms with Crippen LogP contribution in [-0.2, 0) is 4.74 Å². The Labute approximate surface area is 166 Å². The number of para-hydroxylation sites is 1. The average Bonchev–Trinajstić information content (AvgIpc) is 3.44. The molecule has 1 amide bonds. The van der Waals surface area contributed by atoms with Gasteiger partial charge in [-0.2, -0.15) is 0 Å². The molecule has 4 aromatic rings. The van der Waals surface area contributed by atoms with Crippen LogP contribution in [0.5, 0.6) is 0 Å². The van der Waals surface area contributed by atoms with E-state index in [9.17, 15) is 4.79 Å². The van der Waals surface area contributed by atoms with Crippen LogP contribution < -0.4 is 4.90 Å². The van der Waals surface area contributed by atoms with Crippen LogP contribution in [0.3, 0.4) is 0 Å². The first-order valence-electron chi connectivity index (χ1n) is 9.43. The van der Waals surface area contributed by atoms with Crippen molar-refractivity contribution in [3.8, 4) is 0 Å². The van der Waals surface area contributed by atoms with Crippen molar-refractivity contribution in [2.75, 3.05) is 18.1 Å². The van der Waals surface area contributed by atoms with Gasteiger partial charge in [0.15, 0.2) is 5.13 Å². The smallest absolute Gasteiger partial charge is 0.280 e. The molecule has 3 aromatic heterocycles. The fraction of sp³-hybridized carbons (Fsp3) is 0.286. The SMILES string of the molecule is Cc1cccc2nc(C(=O)N(CC3CCCO3)c3nc4ccccc4s3)cn12. The van der Waals surface area contributed by atoms with Gasteiger partial charge in [0.2, 0.25) is 0 Å². The number of aryl methyl sites for hydroxylation is 1. The van der Waals surface area contributed by atoms with E-state index in [1.165, 1.54) is 11.3 Å². The Bertz CT molecular complexity index is 1130. The number of imidazole rings is 1. The van der Waals surface area contributed by atoms with E-state index in [1.807, 2.05) is 60.0 Å². The summed E-state index contributed by atoms with van der Waals surface area (Å²) in [5, 5.41) is 0.690. The van der Waals surface area contributed by atoms with Gasteiger partial charge in [-0.3, -0.25) is 9.69 Å². The van der Waals surface area contributed by atoms with Gasteiger partial charge >= 0.3 is 0 Å². The number of amides is 1. The molecule has 28 heavy (non-hydrogen) atoms. The summed E-state index contributed by atoms with van der Waals surface area (Å²) >= 11 is 1.53. The normalized spacial score (nSPS) is 16.8. The van der Waals surface area contributed by atoms with Crippen LogP contribution in [0.4, 0.5) is 5.13 Å². The van der Waals surface area contributed by atoms with Gasteiger partial charge < -0.3 is 9.14 Å². The van der Waals surface area contributed by atoms with Crippen molar-refractivity contribution >= 4 is 38.2 Å². The summed E-state index contributed by atoms with van der Waals surface area (Å²) in [5.74, 6) is -0.141. The Morgan fingerprint density at radius 2 is 2.14 bits per heavy atom. The molecule has 0 aliphatic carbocycles. The van der Waals surface area contributed by atoms with Gasteiger partial charge in [-0.05, 0) is 44.0 Å². The highest BCUT2D eigenvalue weighted by molar-refractivity contribution is 7.22. The quantitative estimate of drug-likeness (QED) is 0.525. The Morgan fingerprint density at radius 3 is 2.93 bits per heavy atom. The number of aromatic nitrogens is 3. The Balaban J connectivity index is 1.55. The molecule has 1 unspecified atom stereocenters. The van der Waals surface area contributed by atoms with Gasteiger partial charge in [-0.1, -0.05) is 29.5 Å². The van der Waals surface area contributed by atoms with Gasteiger partial charge in [-0.15, -0.1) is 0 Å². The van der Waals surface area contributed by atoms with Crippen LogP contribution in [0.25, 0.3) is 15.9 Å². The van der Waals surface area contributed by atoms with E-state index in [1.54, 1.807) is 4.90 Å². The highest BCUT2D eigenvalue weighted by Crippen LogP contribution is 2.30. The van der Waals surface area contributed by atoms with Crippen molar-refractivity contribution in [1.29, 1.82) is 0 Å². The van der Waals surface area contributed by atoms with Crippen LogP contribution in [0.15, 0.2) is 48.7 Å². The minimum Gasteiger partial charge on any atom is -0.376 e. The van der Waals surface area contributed by atoms with Crippen molar-refractivity contribution < 1.29 is 9.53 Å². The third kappa shape index (κ3) is 3.06. The number of fused-ring (bicyclic) bond motifs is 2. The first kappa shape index (κ1) is 17.3. The second-order valence-electron chi connectivity index (χ2n) is 7.04. The Kier molecular flexibility index (Phi) is 4.33. The summed E-state index contributed by atoms with van der Waals surface area (Å²) in [6.07, 6.45) is 3.83. The zero-order chi connectivity index (χ0) is 19.1. The van der Waals surface area contributed by atoms with Crippen molar-refractivity contribution in [3.63, 3.8) is 0 Å². The number of pyridine rings is 1.